The molecule has 10 heteroatoms. The van der Waals surface area contributed by atoms with E-state index in [-0.39, 0.29) is 17.5 Å². The summed E-state index contributed by atoms with van der Waals surface area (Å²) in [6, 6.07) is 8.06. The van der Waals surface area contributed by atoms with E-state index in [4.69, 9.17) is 11.6 Å². The maximum Gasteiger partial charge on any atom is 0.387 e. The number of rotatable bonds is 6. The molecule has 0 saturated heterocycles. The van der Waals surface area contributed by atoms with E-state index in [9.17, 15) is 13.6 Å². The third-order valence-corrected chi connectivity index (χ3v) is 5.32. The molecule has 0 aliphatic carbocycles. The Balaban J connectivity index is 1.81. The summed E-state index contributed by atoms with van der Waals surface area (Å²) in [5.41, 5.74) is 1.17. The number of nitrogens with one attached hydrogen (secondary N) is 1. The molecular weight excluding hydrogens is 404 g/mol. The fourth-order valence-corrected chi connectivity index (χ4v) is 3.98. The largest absolute Gasteiger partial charge is 0.435 e. The number of aryl methyl sites for hydroxylation is 1. The van der Waals surface area contributed by atoms with Crippen LogP contribution in [-0.2, 0) is 5.88 Å². The van der Waals surface area contributed by atoms with Crippen LogP contribution in [0.2, 0.25) is 0 Å². The zero-order chi connectivity index (χ0) is 18.7. The highest BCUT2D eigenvalue weighted by molar-refractivity contribution is 7.15. The minimum absolute atomic E-state index is 0.0667. The van der Waals surface area contributed by atoms with Gasteiger partial charge in [-0.3, -0.25) is 10.1 Å². The van der Waals surface area contributed by atoms with Crippen LogP contribution in [0.15, 0.2) is 30.3 Å². The topological polar surface area (TPSA) is 64.1 Å². The van der Waals surface area contributed by atoms with Crippen LogP contribution in [0.4, 0.5) is 13.9 Å². The Hall–Kier alpha value is -2.10. The Morgan fingerprint density at radius 1 is 1.38 bits per heavy atom. The summed E-state index contributed by atoms with van der Waals surface area (Å²) >= 11 is 8.09. The van der Waals surface area contributed by atoms with Gasteiger partial charge in [0.25, 0.3) is 5.91 Å². The lowest BCUT2D eigenvalue weighted by atomic mass is 10.1. The molecule has 0 radical (unpaired) electrons. The molecule has 0 aliphatic rings. The molecule has 1 amide bonds. The van der Waals surface area contributed by atoms with E-state index in [0.29, 0.717) is 22.1 Å². The Bertz CT molecular complexity index is 930. The number of hydrogen-bond acceptors (Lipinski definition) is 6. The Morgan fingerprint density at radius 3 is 2.88 bits per heavy atom. The molecule has 0 spiro atoms. The quantitative estimate of drug-likeness (QED) is 0.564. The smallest absolute Gasteiger partial charge is 0.387 e. The number of halogens is 3. The summed E-state index contributed by atoms with van der Waals surface area (Å²) in [5.74, 6) is 0.371. The first-order chi connectivity index (χ1) is 12.5. The van der Waals surface area contributed by atoms with E-state index < -0.39 is 6.61 Å². The molecule has 0 saturated carbocycles. The van der Waals surface area contributed by atoms with Crippen LogP contribution in [0.5, 0.6) is 5.75 Å². The Labute approximate surface area is 160 Å². The molecule has 1 aromatic carbocycles. The van der Waals surface area contributed by atoms with E-state index in [1.54, 1.807) is 18.2 Å². The van der Waals surface area contributed by atoms with E-state index in [2.05, 4.69) is 19.4 Å². The molecule has 2 aromatic heterocycles. The monoisotopic (exact) mass is 415 g/mol. The van der Waals surface area contributed by atoms with Crippen LogP contribution in [0, 0.1) is 6.92 Å². The molecule has 0 unspecified atom stereocenters. The van der Waals surface area contributed by atoms with Crippen molar-refractivity contribution in [2.45, 2.75) is 19.4 Å². The van der Waals surface area contributed by atoms with Gasteiger partial charge in [0.1, 0.15) is 5.75 Å². The fourth-order valence-electron chi connectivity index (χ4n) is 2.20. The number of benzene rings is 1. The third-order valence-electron chi connectivity index (χ3n) is 3.31. The summed E-state index contributed by atoms with van der Waals surface area (Å²) in [6.07, 6.45) is 0. The molecule has 0 fully saturated rings. The van der Waals surface area contributed by atoms with Crippen LogP contribution in [0.1, 0.15) is 21.1 Å². The number of carbonyl (C=O) groups is 1. The predicted octanol–water partition coefficient (Wildman–Crippen LogP) is 5.17. The minimum atomic E-state index is -2.89. The highest BCUT2D eigenvalue weighted by Gasteiger charge is 2.17. The molecule has 0 bridgehead atoms. The van der Waals surface area contributed by atoms with Crippen molar-refractivity contribution in [2.24, 2.45) is 0 Å². The van der Waals surface area contributed by atoms with Gasteiger partial charge >= 0.3 is 6.61 Å². The molecule has 26 heavy (non-hydrogen) atoms. The van der Waals surface area contributed by atoms with Crippen molar-refractivity contribution in [1.82, 2.24) is 9.36 Å². The zero-order valence-corrected chi connectivity index (χ0v) is 15.7. The average molecular weight is 416 g/mol. The summed E-state index contributed by atoms with van der Waals surface area (Å²) in [7, 11) is 0. The van der Waals surface area contributed by atoms with E-state index in [1.807, 2.05) is 6.92 Å². The molecule has 1 N–H and O–H groups in total. The highest BCUT2D eigenvalue weighted by atomic mass is 35.5. The second-order valence-corrected chi connectivity index (χ2v) is 7.37. The van der Waals surface area contributed by atoms with Gasteiger partial charge in [0.05, 0.1) is 11.4 Å². The summed E-state index contributed by atoms with van der Waals surface area (Å²) in [5, 5.41) is 3.05. The molecule has 3 aromatic rings. The van der Waals surface area contributed by atoms with E-state index in [1.165, 1.54) is 23.5 Å². The van der Waals surface area contributed by atoms with Gasteiger partial charge in [-0.2, -0.15) is 13.2 Å². The van der Waals surface area contributed by atoms with Crippen LogP contribution in [-0.4, -0.2) is 21.9 Å². The molecule has 0 atom stereocenters. The molecule has 3 rings (SSSR count). The Kier molecular flexibility index (Phi) is 5.80. The zero-order valence-electron chi connectivity index (χ0n) is 13.3. The summed E-state index contributed by atoms with van der Waals surface area (Å²) in [4.78, 5) is 18.1. The van der Waals surface area contributed by atoms with Gasteiger partial charge in [0.15, 0.2) is 5.82 Å². The van der Waals surface area contributed by atoms with Crippen molar-refractivity contribution in [2.75, 3.05) is 5.32 Å². The number of hydrogen-bond donors (Lipinski definition) is 1. The van der Waals surface area contributed by atoms with Crippen molar-refractivity contribution < 1.29 is 18.3 Å². The van der Waals surface area contributed by atoms with Crippen LogP contribution < -0.4 is 10.1 Å². The highest BCUT2D eigenvalue weighted by Crippen LogP contribution is 2.33. The van der Waals surface area contributed by atoms with Crippen LogP contribution >= 0.6 is 34.5 Å². The van der Waals surface area contributed by atoms with Crippen LogP contribution in [0.25, 0.3) is 10.4 Å². The van der Waals surface area contributed by atoms with E-state index in [0.717, 1.165) is 21.3 Å². The SMILES string of the molecule is Cc1sc(-c2cccc(OC(F)F)c2)cc1C(=O)Nc1nc(CCl)ns1. The fraction of sp³-hybridized carbons (Fsp3) is 0.188. The standard InChI is InChI=1S/C16H12ClF2N3O2S2/c1-8-11(14(23)21-16-20-13(7-17)22-26-16)6-12(25-8)9-3-2-4-10(5-9)24-15(18)19/h2-6,15H,7H2,1H3,(H,20,21,22,23). The van der Waals surface area contributed by atoms with Crippen molar-refractivity contribution in [3.63, 3.8) is 0 Å². The number of ether oxygens (including phenoxy) is 1. The lowest BCUT2D eigenvalue weighted by Crippen LogP contribution is -2.11. The molecular formula is C16H12ClF2N3O2S2. The first-order valence-electron chi connectivity index (χ1n) is 7.32. The lowest BCUT2D eigenvalue weighted by Gasteiger charge is -2.05. The predicted molar refractivity (Wildman–Crippen MR) is 98.5 cm³/mol. The summed E-state index contributed by atoms with van der Waals surface area (Å²) < 4.78 is 33.2. The number of aromatic nitrogens is 2. The number of alkyl halides is 3. The number of amides is 1. The molecule has 136 valence electrons. The first kappa shape index (κ1) is 18.7. The first-order valence-corrected chi connectivity index (χ1v) is 9.44. The van der Waals surface area contributed by atoms with Crippen molar-refractivity contribution in [1.29, 1.82) is 0 Å². The van der Waals surface area contributed by atoms with Crippen molar-refractivity contribution >= 4 is 45.5 Å². The molecule has 0 aliphatic heterocycles. The molecule has 5 nitrogen and oxygen atoms in total. The van der Waals surface area contributed by atoms with Crippen molar-refractivity contribution in [3.8, 4) is 16.2 Å². The lowest BCUT2D eigenvalue weighted by molar-refractivity contribution is -0.0498. The second kappa shape index (κ2) is 8.07. The number of anilines is 1. The van der Waals surface area contributed by atoms with Gasteiger partial charge in [-0.25, -0.2) is 4.98 Å². The third kappa shape index (κ3) is 4.35. The maximum absolute atomic E-state index is 12.5. The van der Waals surface area contributed by atoms with Crippen molar-refractivity contribution in [3.05, 3.63) is 46.6 Å². The van der Waals surface area contributed by atoms with Gasteiger partial charge < -0.3 is 4.74 Å². The number of nitrogens with zero attached hydrogens (tertiary/aromatic N) is 2. The van der Waals surface area contributed by atoms with E-state index >= 15 is 0 Å². The normalized spacial score (nSPS) is 11.0. The van der Waals surface area contributed by atoms with Gasteiger partial charge in [0, 0.05) is 21.3 Å². The molecule has 2 heterocycles. The summed E-state index contributed by atoms with van der Waals surface area (Å²) in [6.45, 7) is -1.08. The van der Waals surface area contributed by atoms with Crippen LogP contribution in [0.3, 0.4) is 0 Å². The average Bonchev–Trinajstić information content (AvgIpc) is 3.21. The van der Waals surface area contributed by atoms with Gasteiger partial charge in [-0.1, -0.05) is 12.1 Å². The number of carbonyl (C=O) groups excluding carboxylic acids is 1. The van der Waals surface area contributed by atoms with Gasteiger partial charge in [-0.05, 0) is 30.7 Å². The number of thiophene rings is 1. The van der Waals surface area contributed by atoms with Gasteiger partial charge in [0.2, 0.25) is 5.13 Å². The second-order valence-electron chi connectivity index (χ2n) is 5.09. The van der Waals surface area contributed by atoms with Gasteiger partial charge in [-0.15, -0.1) is 22.9 Å². The Morgan fingerprint density at radius 2 is 2.19 bits per heavy atom. The minimum Gasteiger partial charge on any atom is -0.435 e. The maximum atomic E-state index is 12.5.